The molecule has 0 saturated carbocycles. The molecule has 0 aromatic carbocycles. The molecule has 4 heteroatoms. The summed E-state index contributed by atoms with van der Waals surface area (Å²) in [7, 11) is 1.76. The zero-order chi connectivity index (χ0) is 15.1. The van der Waals surface area contributed by atoms with E-state index in [2.05, 4.69) is 12.2 Å². The SMILES string of the molecule is CCCCCCCCCCCC(=O)OC(=O)CCNC. The molecule has 0 amide bonds. The largest absolute Gasteiger partial charge is 0.393 e. The average Bonchev–Trinajstić information content (AvgIpc) is 2.43. The number of nitrogens with one attached hydrogen (secondary N) is 1. The van der Waals surface area contributed by atoms with Crippen molar-refractivity contribution in [1.29, 1.82) is 0 Å². The van der Waals surface area contributed by atoms with Gasteiger partial charge in [0.25, 0.3) is 0 Å². The van der Waals surface area contributed by atoms with Gasteiger partial charge in [0.15, 0.2) is 0 Å². The van der Waals surface area contributed by atoms with Crippen LogP contribution in [0, 0.1) is 0 Å². The number of hydrogen-bond donors (Lipinski definition) is 1. The second kappa shape index (κ2) is 14.5. The second-order valence-corrected chi connectivity index (χ2v) is 5.28. The molecule has 0 fully saturated rings. The first-order chi connectivity index (χ1) is 9.70. The molecule has 0 rings (SSSR count). The first-order valence-electron chi connectivity index (χ1n) is 8.08. The highest BCUT2D eigenvalue weighted by atomic mass is 16.6. The Kier molecular flexibility index (Phi) is 13.9. The van der Waals surface area contributed by atoms with Gasteiger partial charge in [-0.25, -0.2) is 0 Å². The monoisotopic (exact) mass is 285 g/mol. The van der Waals surface area contributed by atoms with Crippen LogP contribution in [-0.4, -0.2) is 25.5 Å². The molecule has 1 N–H and O–H groups in total. The fourth-order valence-electron chi connectivity index (χ4n) is 2.04. The van der Waals surface area contributed by atoms with Crippen LogP contribution in [0.15, 0.2) is 0 Å². The van der Waals surface area contributed by atoms with Crippen LogP contribution >= 0.6 is 0 Å². The van der Waals surface area contributed by atoms with Crippen LogP contribution in [0.4, 0.5) is 0 Å². The normalized spacial score (nSPS) is 10.5. The maximum Gasteiger partial charge on any atom is 0.314 e. The van der Waals surface area contributed by atoms with E-state index < -0.39 is 5.97 Å². The van der Waals surface area contributed by atoms with Crippen molar-refractivity contribution >= 4 is 11.9 Å². The zero-order valence-corrected chi connectivity index (χ0v) is 13.2. The van der Waals surface area contributed by atoms with Gasteiger partial charge in [0.05, 0.1) is 6.42 Å². The topological polar surface area (TPSA) is 55.4 Å². The highest BCUT2D eigenvalue weighted by Gasteiger charge is 2.09. The van der Waals surface area contributed by atoms with Crippen LogP contribution in [0.1, 0.15) is 77.6 Å². The smallest absolute Gasteiger partial charge is 0.314 e. The number of carbonyl (C=O) groups excluding carboxylic acids is 2. The van der Waals surface area contributed by atoms with E-state index in [4.69, 9.17) is 4.74 Å². The molecule has 0 aliphatic heterocycles. The fraction of sp³-hybridized carbons (Fsp3) is 0.875. The molecule has 0 unspecified atom stereocenters. The Hall–Kier alpha value is -0.900. The van der Waals surface area contributed by atoms with E-state index in [1.807, 2.05) is 0 Å². The molecule has 0 atom stereocenters. The summed E-state index contributed by atoms with van der Waals surface area (Å²) >= 11 is 0. The quantitative estimate of drug-likeness (QED) is 0.319. The van der Waals surface area contributed by atoms with Crippen LogP contribution in [0.3, 0.4) is 0 Å². The van der Waals surface area contributed by atoms with Crippen molar-refractivity contribution in [2.45, 2.75) is 77.6 Å². The van der Waals surface area contributed by atoms with Gasteiger partial charge in [-0.3, -0.25) is 9.59 Å². The average molecular weight is 285 g/mol. The predicted molar refractivity (Wildman–Crippen MR) is 81.5 cm³/mol. The van der Waals surface area contributed by atoms with Crippen LogP contribution < -0.4 is 5.32 Å². The van der Waals surface area contributed by atoms with E-state index in [-0.39, 0.29) is 12.4 Å². The molecule has 0 aromatic heterocycles. The van der Waals surface area contributed by atoms with Crippen molar-refractivity contribution in [2.75, 3.05) is 13.6 Å². The third kappa shape index (κ3) is 13.5. The fourth-order valence-corrected chi connectivity index (χ4v) is 2.04. The molecular formula is C16H31NO3. The molecular weight excluding hydrogens is 254 g/mol. The molecule has 0 aromatic rings. The van der Waals surface area contributed by atoms with E-state index in [0.29, 0.717) is 13.0 Å². The van der Waals surface area contributed by atoms with Gasteiger partial charge in [-0.2, -0.15) is 0 Å². The third-order valence-electron chi connectivity index (χ3n) is 3.29. The van der Waals surface area contributed by atoms with Gasteiger partial charge >= 0.3 is 11.9 Å². The lowest BCUT2D eigenvalue weighted by molar-refractivity contribution is -0.159. The van der Waals surface area contributed by atoms with Crippen LogP contribution in [0.5, 0.6) is 0 Å². The van der Waals surface area contributed by atoms with Crippen molar-refractivity contribution in [3.8, 4) is 0 Å². The predicted octanol–water partition coefficient (Wildman–Crippen LogP) is 3.59. The molecule has 0 spiro atoms. The van der Waals surface area contributed by atoms with Crippen molar-refractivity contribution in [3.63, 3.8) is 0 Å². The summed E-state index contributed by atoms with van der Waals surface area (Å²) in [5, 5.41) is 2.84. The molecule has 118 valence electrons. The summed E-state index contributed by atoms with van der Waals surface area (Å²) in [5.74, 6) is -0.811. The Labute approximate surface area is 123 Å². The number of rotatable bonds is 13. The van der Waals surface area contributed by atoms with Gasteiger partial charge in [-0.1, -0.05) is 58.3 Å². The molecule has 4 nitrogen and oxygen atoms in total. The number of ether oxygens (including phenoxy) is 1. The maximum absolute atomic E-state index is 11.4. The number of unbranched alkanes of at least 4 members (excludes halogenated alkanes) is 8. The Bertz CT molecular complexity index is 254. The van der Waals surface area contributed by atoms with Crippen molar-refractivity contribution in [3.05, 3.63) is 0 Å². The Morgan fingerprint density at radius 2 is 1.30 bits per heavy atom. The summed E-state index contributed by atoms with van der Waals surface area (Å²) in [6.07, 6.45) is 11.5. The van der Waals surface area contributed by atoms with E-state index in [1.165, 1.54) is 44.9 Å². The van der Waals surface area contributed by atoms with Gasteiger partial charge < -0.3 is 10.1 Å². The van der Waals surface area contributed by atoms with E-state index in [1.54, 1.807) is 7.05 Å². The highest BCUT2D eigenvalue weighted by molar-refractivity contribution is 5.85. The van der Waals surface area contributed by atoms with Crippen molar-refractivity contribution < 1.29 is 14.3 Å². The Morgan fingerprint density at radius 3 is 1.85 bits per heavy atom. The second-order valence-electron chi connectivity index (χ2n) is 5.28. The first-order valence-corrected chi connectivity index (χ1v) is 8.08. The number of hydrogen-bond acceptors (Lipinski definition) is 4. The summed E-state index contributed by atoms with van der Waals surface area (Å²) in [5.41, 5.74) is 0. The van der Waals surface area contributed by atoms with Crippen LogP contribution in [0.2, 0.25) is 0 Å². The van der Waals surface area contributed by atoms with Gasteiger partial charge in [-0.15, -0.1) is 0 Å². The minimum absolute atomic E-state index is 0.250. The van der Waals surface area contributed by atoms with Gasteiger partial charge in [0.2, 0.25) is 0 Å². The molecule has 0 heterocycles. The van der Waals surface area contributed by atoms with E-state index in [0.717, 1.165) is 12.8 Å². The van der Waals surface area contributed by atoms with Crippen molar-refractivity contribution in [2.24, 2.45) is 0 Å². The van der Waals surface area contributed by atoms with Gasteiger partial charge in [0, 0.05) is 13.0 Å². The minimum atomic E-state index is -0.430. The number of esters is 2. The van der Waals surface area contributed by atoms with Crippen LogP contribution in [-0.2, 0) is 14.3 Å². The molecule has 0 bridgehead atoms. The van der Waals surface area contributed by atoms with Gasteiger partial charge in [0.1, 0.15) is 0 Å². The zero-order valence-electron chi connectivity index (χ0n) is 13.2. The third-order valence-corrected chi connectivity index (χ3v) is 3.29. The van der Waals surface area contributed by atoms with Crippen molar-refractivity contribution in [1.82, 2.24) is 5.32 Å². The Balaban J connectivity index is 3.29. The Morgan fingerprint density at radius 1 is 0.800 bits per heavy atom. The first kappa shape index (κ1) is 19.1. The summed E-state index contributed by atoms with van der Waals surface area (Å²) in [6, 6.07) is 0. The summed E-state index contributed by atoms with van der Waals surface area (Å²) in [6.45, 7) is 2.77. The summed E-state index contributed by atoms with van der Waals surface area (Å²) in [4.78, 5) is 22.5. The molecule has 0 saturated heterocycles. The molecule has 0 radical (unpaired) electrons. The molecule has 20 heavy (non-hydrogen) atoms. The lowest BCUT2D eigenvalue weighted by Gasteiger charge is -2.03. The minimum Gasteiger partial charge on any atom is -0.393 e. The lowest BCUT2D eigenvalue weighted by Crippen LogP contribution is -2.17. The van der Waals surface area contributed by atoms with E-state index >= 15 is 0 Å². The standard InChI is InChI=1S/C16H31NO3/c1-3-4-5-6-7-8-9-10-11-12-15(18)20-16(19)13-14-17-2/h17H,3-14H2,1-2H3. The maximum atomic E-state index is 11.4. The number of carbonyl (C=O) groups is 2. The molecule has 0 aliphatic rings. The molecule has 0 aliphatic carbocycles. The van der Waals surface area contributed by atoms with Crippen LogP contribution in [0.25, 0.3) is 0 Å². The van der Waals surface area contributed by atoms with Gasteiger partial charge in [-0.05, 0) is 13.5 Å². The highest BCUT2D eigenvalue weighted by Crippen LogP contribution is 2.10. The van der Waals surface area contributed by atoms with E-state index in [9.17, 15) is 9.59 Å². The lowest BCUT2D eigenvalue weighted by atomic mass is 10.1. The summed E-state index contributed by atoms with van der Waals surface area (Å²) < 4.78 is 4.71.